The minimum absolute atomic E-state index is 0.197. The van der Waals surface area contributed by atoms with Crippen molar-refractivity contribution < 1.29 is 109 Å². The Morgan fingerprint density at radius 2 is 0.750 bits per heavy atom. The largest absolute Gasteiger partial charge is 0.394 e. The number of guanidine groups is 4. The van der Waals surface area contributed by atoms with Crippen LogP contribution in [0.2, 0.25) is 0 Å². The SMILES string of the molecule is CNC1C(OC2C(OC3C(O)C(O)C(N=C(N)N)C(O)C3N=C(N)N)OC(C)C2(O)CNCCCCNCC2(O)C(C)OC(OC3C(O)C(O)C(N=C(N)N)C(O)C3N=C(N)N)C2OC2OC(CO)C(O)C(O)C2NC)OC(CO)C(O)C1O. The number of aliphatic imine (C=N–C) groups is 4. The number of hydrogen-bond acceptors (Lipinski definition) is 30. The molecule has 4 heterocycles. The number of unbranched alkanes of at least 4 members (excludes halogenated alkanes) is 1. The number of aliphatic hydroxyl groups excluding tert-OH is 12. The van der Waals surface area contributed by atoms with Crippen LogP contribution in [-0.4, -0.2) is 331 Å². The molecule has 0 aromatic heterocycles. The van der Waals surface area contributed by atoms with Gasteiger partial charge in [0, 0.05) is 13.1 Å². The summed E-state index contributed by atoms with van der Waals surface area (Å²) in [5, 5.41) is 168. The van der Waals surface area contributed by atoms with Crippen LogP contribution in [0.5, 0.6) is 0 Å². The van der Waals surface area contributed by atoms with E-state index in [0.29, 0.717) is 12.8 Å². The predicted molar refractivity (Wildman–Crippen MR) is 289 cm³/mol. The van der Waals surface area contributed by atoms with Crippen LogP contribution < -0.4 is 67.1 Å². The van der Waals surface area contributed by atoms with E-state index >= 15 is 0 Å². The zero-order valence-corrected chi connectivity index (χ0v) is 46.8. The summed E-state index contributed by atoms with van der Waals surface area (Å²) in [6, 6.07) is -8.59. The van der Waals surface area contributed by atoms with Gasteiger partial charge in [0.2, 0.25) is 0 Å². The molecule has 4 saturated heterocycles. The third-order valence-corrected chi connectivity index (χ3v) is 16.2. The van der Waals surface area contributed by atoms with Gasteiger partial charge in [0.25, 0.3) is 0 Å². The molecule has 0 amide bonds. The number of rotatable bonds is 25. The first kappa shape index (κ1) is 69.1. The highest BCUT2D eigenvalue weighted by Crippen LogP contribution is 2.42. The minimum Gasteiger partial charge on any atom is -0.394 e. The van der Waals surface area contributed by atoms with Gasteiger partial charge in [-0.25, -0.2) is 20.0 Å². The van der Waals surface area contributed by atoms with Crippen LogP contribution in [0.25, 0.3) is 0 Å². The second-order valence-corrected chi connectivity index (χ2v) is 21.8. The Morgan fingerprint density at radius 1 is 0.429 bits per heavy atom. The minimum atomic E-state index is -2.08. The summed E-state index contributed by atoms with van der Waals surface area (Å²) < 4.78 is 49.2. The van der Waals surface area contributed by atoms with Gasteiger partial charge < -0.3 is 177 Å². The van der Waals surface area contributed by atoms with Gasteiger partial charge >= 0.3 is 0 Å². The Kier molecular flexibility index (Phi) is 24.2. The molecule has 4 aliphatic heterocycles. The van der Waals surface area contributed by atoms with Crippen molar-refractivity contribution in [3.63, 3.8) is 0 Å². The molecule has 0 bridgehead atoms. The Balaban J connectivity index is 1.18. The Labute approximate surface area is 482 Å². The molecule has 2 aliphatic carbocycles. The molecule has 38 nitrogen and oxygen atoms in total. The second-order valence-electron chi connectivity index (χ2n) is 21.8. The topological polar surface area (TPSA) is 663 Å². The lowest BCUT2D eigenvalue weighted by atomic mass is 9.81. The molecular weight excluding hydrogens is 1130 g/mol. The van der Waals surface area contributed by atoms with Gasteiger partial charge in [-0.2, -0.15) is 0 Å². The highest BCUT2D eigenvalue weighted by atomic mass is 16.8. The van der Waals surface area contributed by atoms with Gasteiger partial charge in [-0.15, -0.1) is 0 Å². The van der Waals surface area contributed by atoms with Gasteiger partial charge in [-0.1, -0.05) is 0 Å². The smallest absolute Gasteiger partial charge is 0.187 e. The summed E-state index contributed by atoms with van der Waals surface area (Å²) in [4.78, 5) is 15.7. The van der Waals surface area contributed by atoms with Gasteiger partial charge in [0.05, 0.1) is 37.5 Å². The van der Waals surface area contributed by atoms with Crippen LogP contribution in [0.4, 0.5) is 0 Å². The number of nitrogens with one attached hydrogen (secondary N) is 4. The molecule has 0 radical (unpaired) electrons. The molecule has 30 atom stereocenters. The number of ether oxygens (including phenoxy) is 8. The predicted octanol–water partition coefficient (Wildman–Crippen LogP) is -15.7. The number of likely N-dealkylation sites (N-methyl/N-ethyl adjacent to an activating group) is 2. The van der Waals surface area contributed by atoms with Gasteiger partial charge in [0.1, 0.15) is 133 Å². The molecule has 6 rings (SSSR count). The van der Waals surface area contributed by atoms with Crippen LogP contribution in [0.15, 0.2) is 20.0 Å². The highest BCUT2D eigenvalue weighted by molar-refractivity contribution is 5.77. The molecule has 6 fully saturated rings. The zero-order valence-electron chi connectivity index (χ0n) is 46.8. The fourth-order valence-electron chi connectivity index (χ4n) is 11.5. The first-order chi connectivity index (χ1) is 39.5. The molecule has 486 valence electrons. The van der Waals surface area contributed by atoms with E-state index in [9.17, 15) is 71.5 Å². The normalized spacial score (nSPS) is 46.1. The Morgan fingerprint density at radius 3 is 1.05 bits per heavy atom. The maximum atomic E-state index is 12.6. The van der Waals surface area contributed by atoms with Crippen molar-refractivity contribution in [3.05, 3.63) is 0 Å². The quantitative estimate of drug-likeness (QED) is 0.0229. The monoisotopic (exact) mass is 1220 g/mol. The van der Waals surface area contributed by atoms with Crippen LogP contribution in [-0.2, 0) is 37.9 Å². The van der Waals surface area contributed by atoms with Crippen molar-refractivity contribution in [2.24, 2.45) is 65.8 Å². The van der Waals surface area contributed by atoms with E-state index in [4.69, 9.17) is 83.8 Å². The lowest BCUT2D eigenvalue weighted by molar-refractivity contribution is -0.316. The van der Waals surface area contributed by atoms with E-state index in [1.807, 2.05) is 0 Å². The van der Waals surface area contributed by atoms with E-state index in [2.05, 4.69) is 41.2 Å². The van der Waals surface area contributed by atoms with Gasteiger partial charge in [-0.3, -0.25) is 0 Å². The van der Waals surface area contributed by atoms with E-state index in [0.717, 1.165) is 0 Å². The average molecular weight is 1220 g/mol. The lowest BCUT2D eigenvalue weighted by Crippen LogP contribution is -2.67. The third kappa shape index (κ3) is 14.8. The average Bonchev–Trinajstić information content (AvgIpc) is 2.35. The second kappa shape index (κ2) is 29.4. The molecule has 38 heteroatoms. The van der Waals surface area contributed by atoms with Gasteiger partial charge in [0.15, 0.2) is 49.0 Å². The van der Waals surface area contributed by atoms with E-state index in [-0.39, 0.29) is 26.2 Å². The Hall–Kier alpha value is -3.96. The maximum absolute atomic E-state index is 12.6. The van der Waals surface area contributed by atoms with Gasteiger partial charge in [-0.05, 0) is 53.9 Å². The van der Waals surface area contributed by atoms with Crippen LogP contribution in [0, 0.1) is 0 Å². The van der Waals surface area contributed by atoms with E-state index in [1.54, 1.807) is 0 Å². The summed E-state index contributed by atoms with van der Waals surface area (Å²) in [7, 11) is 2.86. The van der Waals surface area contributed by atoms with Crippen LogP contribution >= 0.6 is 0 Å². The molecule has 0 spiro atoms. The van der Waals surface area contributed by atoms with E-state index < -0.39 is 220 Å². The summed E-state index contributed by atoms with van der Waals surface area (Å²) in [6.45, 7) is 1.21. The Bertz CT molecular complexity index is 2070. The van der Waals surface area contributed by atoms with Crippen molar-refractivity contribution in [3.8, 4) is 0 Å². The number of aliphatic hydroxyl groups is 14. The molecule has 0 aromatic rings. The van der Waals surface area contributed by atoms with Crippen molar-refractivity contribution in [2.75, 3.05) is 53.5 Å². The number of nitrogens with two attached hydrogens (primary N) is 8. The molecule has 84 heavy (non-hydrogen) atoms. The third-order valence-electron chi connectivity index (χ3n) is 16.2. The van der Waals surface area contributed by atoms with Crippen molar-refractivity contribution in [1.29, 1.82) is 0 Å². The number of nitrogens with zero attached hydrogens (tertiary/aromatic N) is 4. The standard InChI is InChI=1S/C46H90N16O22/c1-13-45(75,35(83-37-21(55-3)29(71)23(65)15(9-63)79-37)39(77-13)81-33-19(61-43(51)52)25(67)17(59-41(47)48)27(69)31(33)73)11-57-7-5-6-8-58-12-46(76)14(2)78-40(36(46)84-38-22(56-4)30(72)24(66)16(10-64)80-38)82-34-20(62-44(53)54)26(68)18(60-42(49)50)28(70)32(34)74/h13-40,55-58,63-76H,5-12H2,1-4H3,(H4,47,48,59)(H4,49,50,60)(H4,51,52,61)(H4,53,54,62). The first-order valence-electron chi connectivity index (χ1n) is 27.3. The van der Waals surface area contributed by atoms with Crippen molar-refractivity contribution >= 4 is 23.8 Å². The molecule has 6 aliphatic rings. The molecule has 2 saturated carbocycles. The van der Waals surface area contributed by atoms with Crippen molar-refractivity contribution in [2.45, 2.75) is 209 Å². The van der Waals surface area contributed by atoms with Crippen LogP contribution in [0.1, 0.15) is 26.7 Å². The fraction of sp³-hybridized carbons (Fsp3) is 0.913. The number of hydrogen-bond donors (Lipinski definition) is 26. The van der Waals surface area contributed by atoms with E-state index in [1.165, 1.54) is 27.9 Å². The summed E-state index contributed by atoms with van der Waals surface area (Å²) in [5.74, 6) is -2.22. The van der Waals surface area contributed by atoms with Crippen molar-refractivity contribution in [1.82, 2.24) is 21.3 Å². The lowest BCUT2D eigenvalue weighted by Gasteiger charge is -2.46. The molecule has 30 unspecified atom stereocenters. The zero-order chi connectivity index (χ0) is 62.4. The first-order valence-corrected chi connectivity index (χ1v) is 27.3. The summed E-state index contributed by atoms with van der Waals surface area (Å²) >= 11 is 0. The summed E-state index contributed by atoms with van der Waals surface area (Å²) in [6.07, 6.45) is -34.9. The fourth-order valence-corrected chi connectivity index (χ4v) is 11.5. The van der Waals surface area contributed by atoms with Crippen LogP contribution in [0.3, 0.4) is 0 Å². The molecular formula is C46H90N16O22. The summed E-state index contributed by atoms with van der Waals surface area (Å²) in [5.41, 5.74) is 40.8. The highest BCUT2D eigenvalue weighted by Gasteiger charge is 2.63. The molecule has 34 N–H and O–H groups in total. The maximum Gasteiger partial charge on any atom is 0.187 e. The molecule has 0 aromatic carbocycles.